The van der Waals surface area contributed by atoms with Crippen LogP contribution in [0, 0.1) is 0 Å². The van der Waals surface area contributed by atoms with Crippen molar-refractivity contribution in [1.29, 1.82) is 0 Å². The molecule has 0 amide bonds. The van der Waals surface area contributed by atoms with Gasteiger partial charge in [0, 0.05) is 26.2 Å². The predicted octanol–water partition coefficient (Wildman–Crippen LogP) is 1.21. The molecule has 2 rings (SSSR count). The molecule has 0 radical (unpaired) electrons. The normalized spacial score (nSPS) is 9.09. The Balaban J connectivity index is 0.000000868. The molecule has 8 heteroatoms. The Morgan fingerprint density at radius 2 is 1.87 bits per heavy atom. The van der Waals surface area contributed by atoms with Crippen LogP contribution in [0.3, 0.4) is 0 Å². The van der Waals surface area contributed by atoms with Gasteiger partial charge in [0.2, 0.25) is 11.9 Å². The van der Waals surface area contributed by atoms with E-state index in [2.05, 4.69) is 22.5 Å². The molecule has 2 aromatic rings. The van der Waals surface area contributed by atoms with Crippen LogP contribution in [0.15, 0.2) is 30.9 Å². The van der Waals surface area contributed by atoms with Crippen LogP contribution in [-0.2, 0) is 13.6 Å². The first-order chi connectivity index (χ1) is 10.9. The number of allylic oxidation sites excluding steroid dienone is 1. The molecular weight excluding hydrogens is 296 g/mol. The van der Waals surface area contributed by atoms with Crippen molar-refractivity contribution in [1.82, 2.24) is 14.8 Å². The van der Waals surface area contributed by atoms with Gasteiger partial charge in [-0.15, -0.1) is 16.8 Å². The summed E-state index contributed by atoms with van der Waals surface area (Å²) in [4.78, 5) is 1.78. The Labute approximate surface area is 136 Å². The van der Waals surface area contributed by atoms with Gasteiger partial charge >= 0.3 is 0 Å². The van der Waals surface area contributed by atoms with Crippen molar-refractivity contribution in [3.63, 3.8) is 0 Å². The van der Waals surface area contributed by atoms with Crippen molar-refractivity contribution in [2.75, 3.05) is 24.7 Å². The zero-order chi connectivity index (χ0) is 18.0. The maximum absolute atomic E-state index is 9.72. The molecule has 0 saturated carbocycles. The molecule has 0 unspecified atom stereocenters. The number of aromatic hydroxyl groups is 2. The summed E-state index contributed by atoms with van der Waals surface area (Å²) in [5.41, 5.74) is 10.7. The molecule has 0 saturated heterocycles. The minimum absolute atomic E-state index is 0.125. The minimum Gasteiger partial charge on any atom is -0.504 e. The highest BCUT2D eigenvalue weighted by atomic mass is 16.3. The second-order valence-electron chi connectivity index (χ2n) is 4.47. The Morgan fingerprint density at radius 3 is 2.35 bits per heavy atom. The van der Waals surface area contributed by atoms with Crippen LogP contribution in [0.2, 0.25) is 0 Å². The van der Waals surface area contributed by atoms with Crippen molar-refractivity contribution in [3.05, 3.63) is 36.4 Å². The van der Waals surface area contributed by atoms with Crippen LogP contribution in [0.4, 0.5) is 11.9 Å². The maximum Gasteiger partial charge on any atom is 0.228 e. The van der Waals surface area contributed by atoms with E-state index < -0.39 is 0 Å². The quantitative estimate of drug-likeness (QED) is 0.494. The number of aromatic nitrogens is 3. The van der Waals surface area contributed by atoms with Gasteiger partial charge in [-0.25, -0.2) is 0 Å². The standard InChI is InChI=1S/C11H15N5O2.C3H6.CH5N/c1-15(11-14-13-10(12)16(11)2)6-7-4-3-5-8(17)9(7)18;1-3-2;1-2/h3-5,17-18H,6H2,1-2H3,(H2,12,13);3H,1H2,2H3;2H2,1H3. The Hall–Kier alpha value is -2.74. The number of rotatable bonds is 3. The van der Waals surface area contributed by atoms with Gasteiger partial charge in [0.25, 0.3) is 0 Å². The van der Waals surface area contributed by atoms with E-state index in [4.69, 9.17) is 5.73 Å². The first-order valence-corrected chi connectivity index (χ1v) is 6.93. The van der Waals surface area contributed by atoms with Crippen LogP contribution in [0.1, 0.15) is 12.5 Å². The van der Waals surface area contributed by atoms with E-state index in [1.807, 2.05) is 6.92 Å². The van der Waals surface area contributed by atoms with Gasteiger partial charge in [0.05, 0.1) is 0 Å². The van der Waals surface area contributed by atoms with E-state index >= 15 is 0 Å². The second kappa shape index (κ2) is 10.1. The topological polar surface area (TPSA) is 126 Å². The lowest BCUT2D eigenvalue weighted by atomic mass is 10.2. The van der Waals surface area contributed by atoms with E-state index in [0.29, 0.717) is 24.0 Å². The molecule has 1 aromatic carbocycles. The Bertz CT molecular complexity index is 612. The van der Waals surface area contributed by atoms with Gasteiger partial charge < -0.3 is 26.6 Å². The average Bonchev–Trinajstić information content (AvgIpc) is 2.87. The van der Waals surface area contributed by atoms with E-state index in [0.717, 1.165) is 0 Å². The summed E-state index contributed by atoms with van der Waals surface area (Å²) >= 11 is 0. The summed E-state index contributed by atoms with van der Waals surface area (Å²) in [6.45, 7) is 5.63. The highest BCUT2D eigenvalue weighted by Gasteiger charge is 2.13. The van der Waals surface area contributed by atoms with E-state index in [1.54, 1.807) is 41.8 Å². The van der Waals surface area contributed by atoms with E-state index in [9.17, 15) is 10.2 Å². The fourth-order valence-corrected chi connectivity index (χ4v) is 1.70. The highest BCUT2D eigenvalue weighted by molar-refractivity contribution is 5.46. The highest BCUT2D eigenvalue weighted by Crippen LogP contribution is 2.29. The number of nitrogens with zero attached hydrogens (tertiary/aromatic N) is 4. The zero-order valence-corrected chi connectivity index (χ0v) is 14.1. The molecule has 6 N–H and O–H groups in total. The maximum atomic E-state index is 9.72. The fourth-order valence-electron chi connectivity index (χ4n) is 1.70. The number of benzene rings is 1. The third-order valence-electron chi connectivity index (χ3n) is 2.73. The van der Waals surface area contributed by atoms with Crippen molar-refractivity contribution in [2.24, 2.45) is 12.8 Å². The van der Waals surface area contributed by atoms with Crippen molar-refractivity contribution in [3.8, 4) is 11.5 Å². The first-order valence-electron chi connectivity index (χ1n) is 6.93. The van der Waals surface area contributed by atoms with Crippen molar-refractivity contribution in [2.45, 2.75) is 13.5 Å². The number of hydrogen-bond acceptors (Lipinski definition) is 7. The number of nitrogens with two attached hydrogens (primary N) is 2. The molecule has 1 heterocycles. The summed E-state index contributed by atoms with van der Waals surface area (Å²) in [7, 11) is 5.05. The molecule has 23 heavy (non-hydrogen) atoms. The summed E-state index contributed by atoms with van der Waals surface area (Å²) in [5.74, 6) is 0.630. The van der Waals surface area contributed by atoms with Crippen LogP contribution in [0.5, 0.6) is 11.5 Å². The molecule has 0 aliphatic carbocycles. The van der Waals surface area contributed by atoms with Gasteiger partial charge in [-0.3, -0.25) is 4.57 Å². The smallest absolute Gasteiger partial charge is 0.228 e. The fraction of sp³-hybridized carbons (Fsp3) is 0.333. The molecule has 0 bridgehead atoms. The minimum atomic E-state index is -0.140. The second-order valence-corrected chi connectivity index (χ2v) is 4.47. The molecule has 0 fully saturated rings. The third-order valence-corrected chi connectivity index (χ3v) is 2.73. The lowest BCUT2D eigenvalue weighted by molar-refractivity contribution is 0.399. The van der Waals surface area contributed by atoms with Crippen molar-refractivity contribution >= 4 is 11.9 Å². The summed E-state index contributed by atoms with van der Waals surface area (Å²) in [5, 5.41) is 26.8. The third kappa shape index (κ3) is 5.51. The van der Waals surface area contributed by atoms with Crippen LogP contribution in [0.25, 0.3) is 0 Å². The lowest BCUT2D eigenvalue weighted by Crippen LogP contribution is -2.20. The van der Waals surface area contributed by atoms with Gasteiger partial charge in [-0.1, -0.05) is 18.2 Å². The average molecular weight is 322 g/mol. The lowest BCUT2D eigenvalue weighted by Gasteiger charge is -2.18. The summed E-state index contributed by atoms with van der Waals surface area (Å²) in [6.07, 6.45) is 1.75. The van der Waals surface area contributed by atoms with E-state index in [1.165, 1.54) is 13.1 Å². The monoisotopic (exact) mass is 322 g/mol. The van der Waals surface area contributed by atoms with Gasteiger partial charge in [-0.2, -0.15) is 0 Å². The number of nitrogen functional groups attached to an aromatic ring is 1. The summed E-state index contributed by atoms with van der Waals surface area (Å²) < 4.78 is 1.64. The SMILES string of the molecule is C=CC.CN.CN(Cc1cccc(O)c1O)c1nnc(N)n1C. The van der Waals surface area contributed by atoms with Gasteiger partial charge in [0.15, 0.2) is 11.5 Å². The number of phenols is 2. The molecule has 1 aromatic heterocycles. The molecular formula is C15H26N6O2. The number of phenolic OH excluding ortho intramolecular Hbond substituents is 2. The molecule has 0 spiro atoms. The first kappa shape index (κ1) is 20.3. The van der Waals surface area contributed by atoms with Crippen LogP contribution < -0.4 is 16.4 Å². The van der Waals surface area contributed by atoms with Gasteiger partial charge in [0.1, 0.15) is 0 Å². The number of para-hydroxylation sites is 1. The predicted molar refractivity (Wildman–Crippen MR) is 93.3 cm³/mol. The van der Waals surface area contributed by atoms with E-state index in [-0.39, 0.29) is 11.5 Å². The Morgan fingerprint density at radius 1 is 1.30 bits per heavy atom. The molecule has 0 aliphatic rings. The summed E-state index contributed by atoms with van der Waals surface area (Å²) in [6, 6.07) is 4.83. The van der Waals surface area contributed by atoms with Crippen molar-refractivity contribution < 1.29 is 10.2 Å². The molecule has 8 nitrogen and oxygen atoms in total. The molecule has 128 valence electrons. The number of hydrogen-bond donors (Lipinski definition) is 4. The molecule has 0 aliphatic heterocycles. The van der Waals surface area contributed by atoms with Crippen LogP contribution >= 0.6 is 0 Å². The Kier molecular flexibility index (Phi) is 8.87. The van der Waals surface area contributed by atoms with Crippen LogP contribution in [-0.4, -0.2) is 39.1 Å². The number of anilines is 2. The molecule has 0 atom stereocenters. The van der Waals surface area contributed by atoms with Gasteiger partial charge in [-0.05, 0) is 20.0 Å². The largest absolute Gasteiger partial charge is 0.504 e. The zero-order valence-electron chi connectivity index (χ0n) is 14.1.